The lowest BCUT2D eigenvalue weighted by molar-refractivity contribution is 1.08. The highest BCUT2D eigenvalue weighted by atomic mass is 32.1. The summed E-state index contributed by atoms with van der Waals surface area (Å²) in [5, 5.41) is 7.40. The molecule has 0 saturated carbocycles. The molecule has 10 rings (SSSR count). The van der Waals surface area contributed by atoms with E-state index in [1.54, 1.807) is 0 Å². The monoisotopic (exact) mass is 667 g/mol. The summed E-state index contributed by atoms with van der Waals surface area (Å²) in [6, 6.07) is 62.1. The molecule has 4 heteroatoms. The molecule has 0 aliphatic carbocycles. The van der Waals surface area contributed by atoms with E-state index in [0.29, 0.717) is 17.5 Å². The number of nitrogens with zero attached hydrogens (tertiary/aromatic N) is 3. The Morgan fingerprint density at radius 1 is 0.314 bits per heavy atom. The highest BCUT2D eigenvalue weighted by molar-refractivity contribution is 7.26. The van der Waals surface area contributed by atoms with E-state index in [1.165, 1.54) is 52.8 Å². The van der Waals surface area contributed by atoms with Crippen LogP contribution in [0.3, 0.4) is 0 Å². The molecular formula is C47H29N3S. The predicted octanol–water partition coefficient (Wildman–Crippen LogP) is 12.9. The van der Waals surface area contributed by atoms with Crippen LogP contribution in [0.25, 0.3) is 98.1 Å². The minimum atomic E-state index is 0.648. The van der Waals surface area contributed by atoms with Crippen LogP contribution >= 0.6 is 11.3 Å². The van der Waals surface area contributed by atoms with Crippen molar-refractivity contribution in [3.8, 4) is 56.4 Å². The van der Waals surface area contributed by atoms with Gasteiger partial charge in [0.15, 0.2) is 17.5 Å². The Hall–Kier alpha value is -6.49. The van der Waals surface area contributed by atoms with Gasteiger partial charge >= 0.3 is 0 Å². The predicted molar refractivity (Wildman–Crippen MR) is 215 cm³/mol. The van der Waals surface area contributed by atoms with Crippen LogP contribution in [0.15, 0.2) is 176 Å². The van der Waals surface area contributed by atoms with Crippen LogP contribution in [-0.2, 0) is 0 Å². The molecule has 0 N–H and O–H groups in total. The molecular weight excluding hydrogens is 639 g/mol. The van der Waals surface area contributed by atoms with Gasteiger partial charge in [0.05, 0.1) is 0 Å². The number of rotatable bonds is 5. The van der Waals surface area contributed by atoms with Gasteiger partial charge in [0, 0.05) is 36.9 Å². The summed E-state index contributed by atoms with van der Waals surface area (Å²) >= 11 is 1.82. The summed E-state index contributed by atoms with van der Waals surface area (Å²) in [5.41, 5.74) is 7.55. The topological polar surface area (TPSA) is 38.7 Å². The van der Waals surface area contributed by atoms with Crippen molar-refractivity contribution in [2.75, 3.05) is 0 Å². The zero-order valence-electron chi connectivity index (χ0n) is 27.5. The number of benzene rings is 8. The molecule has 3 nitrogen and oxygen atoms in total. The molecule has 0 saturated heterocycles. The van der Waals surface area contributed by atoms with E-state index < -0.39 is 0 Å². The summed E-state index contributed by atoms with van der Waals surface area (Å²) in [4.78, 5) is 15.5. The fourth-order valence-electron chi connectivity index (χ4n) is 7.15. The third-order valence-corrected chi connectivity index (χ3v) is 10.9. The molecule has 0 atom stereocenters. The Morgan fingerprint density at radius 3 is 1.49 bits per heavy atom. The van der Waals surface area contributed by atoms with Crippen molar-refractivity contribution in [2.24, 2.45) is 0 Å². The van der Waals surface area contributed by atoms with E-state index in [-0.39, 0.29) is 0 Å². The molecule has 0 aliphatic rings. The minimum absolute atomic E-state index is 0.648. The second kappa shape index (κ2) is 12.1. The largest absolute Gasteiger partial charge is 0.208 e. The second-order valence-corrected chi connectivity index (χ2v) is 13.9. The van der Waals surface area contributed by atoms with Gasteiger partial charge in [0.2, 0.25) is 0 Å². The van der Waals surface area contributed by atoms with Gasteiger partial charge < -0.3 is 0 Å². The van der Waals surface area contributed by atoms with E-state index in [0.717, 1.165) is 27.8 Å². The van der Waals surface area contributed by atoms with Crippen molar-refractivity contribution in [3.63, 3.8) is 0 Å². The van der Waals surface area contributed by atoms with Crippen LogP contribution in [0.5, 0.6) is 0 Å². The molecule has 8 aromatic carbocycles. The van der Waals surface area contributed by atoms with Gasteiger partial charge in [-0.25, -0.2) is 15.0 Å². The second-order valence-electron chi connectivity index (χ2n) is 12.8. The van der Waals surface area contributed by atoms with Crippen molar-refractivity contribution >= 4 is 53.1 Å². The van der Waals surface area contributed by atoms with Gasteiger partial charge in [-0.05, 0) is 62.0 Å². The molecule has 0 radical (unpaired) electrons. The van der Waals surface area contributed by atoms with Gasteiger partial charge in [-0.3, -0.25) is 0 Å². The third-order valence-electron chi connectivity index (χ3n) is 9.74. The first-order valence-corrected chi connectivity index (χ1v) is 17.9. The van der Waals surface area contributed by atoms with E-state index in [4.69, 9.17) is 15.0 Å². The maximum absolute atomic E-state index is 5.20. The van der Waals surface area contributed by atoms with Gasteiger partial charge in [-0.2, -0.15) is 0 Å². The molecule has 2 aromatic heterocycles. The first-order valence-electron chi connectivity index (χ1n) is 17.1. The summed E-state index contributed by atoms with van der Waals surface area (Å²) in [7, 11) is 0. The summed E-state index contributed by atoms with van der Waals surface area (Å²) < 4.78 is 2.47. The van der Waals surface area contributed by atoms with Crippen LogP contribution in [0.4, 0.5) is 0 Å². The van der Waals surface area contributed by atoms with E-state index in [2.05, 4.69) is 164 Å². The Balaban J connectivity index is 1.17. The Labute approximate surface area is 299 Å². The number of aromatic nitrogens is 3. The summed E-state index contributed by atoms with van der Waals surface area (Å²) in [6.45, 7) is 0. The number of thiophene rings is 1. The van der Waals surface area contributed by atoms with Crippen molar-refractivity contribution in [1.82, 2.24) is 15.0 Å². The average Bonchev–Trinajstić information content (AvgIpc) is 3.58. The van der Waals surface area contributed by atoms with Gasteiger partial charge in [0.25, 0.3) is 0 Å². The summed E-state index contributed by atoms with van der Waals surface area (Å²) in [5.74, 6) is 1.96. The molecule has 0 unspecified atom stereocenters. The van der Waals surface area contributed by atoms with Gasteiger partial charge in [0.1, 0.15) is 0 Å². The lowest BCUT2D eigenvalue weighted by Crippen LogP contribution is -2.00. The van der Waals surface area contributed by atoms with Crippen LogP contribution in [0, 0.1) is 0 Å². The molecule has 2 heterocycles. The quantitative estimate of drug-likeness (QED) is 0.171. The van der Waals surface area contributed by atoms with Crippen LogP contribution < -0.4 is 0 Å². The number of fused-ring (bicyclic) bond motifs is 6. The number of hydrogen-bond acceptors (Lipinski definition) is 4. The zero-order valence-corrected chi connectivity index (χ0v) is 28.3. The number of hydrogen-bond donors (Lipinski definition) is 0. The standard InChI is InChI=1S/C47H29N3S/c1-3-10-30(11-4-1)32-18-23-35(24-19-32)45-48-46(36-25-20-33(21-26-36)31-12-5-2-6-13-31)50-47(49-45)39-16-9-17-42-44(39)41-29-40-37(28-43(41)51-42)27-22-34-14-7-8-15-38(34)40/h1-29H. The van der Waals surface area contributed by atoms with Crippen LogP contribution in [0.1, 0.15) is 0 Å². The highest BCUT2D eigenvalue weighted by Crippen LogP contribution is 2.42. The Morgan fingerprint density at radius 2 is 0.843 bits per heavy atom. The molecule has 238 valence electrons. The van der Waals surface area contributed by atoms with E-state index in [1.807, 2.05) is 23.5 Å². The maximum Gasteiger partial charge on any atom is 0.164 e. The fourth-order valence-corrected chi connectivity index (χ4v) is 8.31. The Bertz CT molecular complexity index is 2780. The summed E-state index contributed by atoms with van der Waals surface area (Å²) in [6.07, 6.45) is 0. The van der Waals surface area contributed by atoms with Crippen molar-refractivity contribution < 1.29 is 0 Å². The van der Waals surface area contributed by atoms with E-state index >= 15 is 0 Å². The molecule has 0 amide bonds. The Kier molecular flexibility index (Phi) is 7.00. The van der Waals surface area contributed by atoms with Crippen LogP contribution in [-0.4, -0.2) is 15.0 Å². The molecule has 0 fully saturated rings. The first kappa shape index (κ1) is 29.4. The molecule has 0 bridgehead atoms. The van der Waals surface area contributed by atoms with Crippen LogP contribution in [0.2, 0.25) is 0 Å². The maximum atomic E-state index is 5.20. The smallest absolute Gasteiger partial charge is 0.164 e. The van der Waals surface area contributed by atoms with Crippen molar-refractivity contribution in [3.05, 3.63) is 176 Å². The molecule has 0 spiro atoms. The minimum Gasteiger partial charge on any atom is -0.208 e. The molecule has 10 aromatic rings. The van der Waals surface area contributed by atoms with Crippen molar-refractivity contribution in [1.29, 1.82) is 0 Å². The fraction of sp³-hybridized carbons (Fsp3) is 0. The zero-order chi connectivity index (χ0) is 33.7. The molecule has 51 heavy (non-hydrogen) atoms. The molecule has 0 aliphatic heterocycles. The SMILES string of the molecule is c1ccc(-c2ccc(-c3nc(-c4ccc(-c5ccccc5)cc4)nc(-c4cccc5sc6cc7ccc8ccccc8c7cc6c45)n3)cc2)cc1. The third kappa shape index (κ3) is 5.25. The highest BCUT2D eigenvalue weighted by Gasteiger charge is 2.18. The van der Waals surface area contributed by atoms with Gasteiger partial charge in [-0.1, -0.05) is 158 Å². The lowest BCUT2D eigenvalue weighted by Gasteiger charge is -2.11. The normalized spacial score (nSPS) is 11.5. The van der Waals surface area contributed by atoms with Crippen molar-refractivity contribution in [2.45, 2.75) is 0 Å². The van der Waals surface area contributed by atoms with E-state index in [9.17, 15) is 0 Å². The van der Waals surface area contributed by atoms with Gasteiger partial charge in [-0.15, -0.1) is 11.3 Å². The average molecular weight is 668 g/mol. The lowest BCUT2D eigenvalue weighted by atomic mass is 9.98. The first-order chi connectivity index (χ1) is 25.2.